The van der Waals surface area contributed by atoms with Gasteiger partial charge in [-0.15, -0.1) is 0 Å². The summed E-state index contributed by atoms with van der Waals surface area (Å²) in [5.74, 6) is 0. The Hall–Kier alpha value is -0.160. The Labute approximate surface area is 68.2 Å². The van der Waals surface area contributed by atoms with Crippen LogP contribution in [-0.2, 0) is 0 Å². The first kappa shape index (κ1) is 10.8. The predicted octanol–water partition coefficient (Wildman–Crippen LogP) is -1.15. The lowest BCUT2D eigenvalue weighted by atomic mass is 10.3. The van der Waals surface area contributed by atoms with Gasteiger partial charge in [0.25, 0.3) is 0 Å². The van der Waals surface area contributed by atoms with Gasteiger partial charge in [0.2, 0.25) is 0 Å². The van der Waals surface area contributed by atoms with Crippen LogP contribution in [-0.4, -0.2) is 37.0 Å². The van der Waals surface area contributed by atoms with Gasteiger partial charge in [-0.2, -0.15) is 0 Å². The maximum atomic E-state index is 9.21. The van der Waals surface area contributed by atoms with Crippen molar-refractivity contribution >= 4 is 0 Å². The van der Waals surface area contributed by atoms with Crippen molar-refractivity contribution in [2.45, 2.75) is 19.6 Å². The van der Waals surface area contributed by atoms with Gasteiger partial charge in [-0.25, -0.2) is 0 Å². The van der Waals surface area contributed by atoms with Gasteiger partial charge in [-0.1, -0.05) is 0 Å². The summed E-state index contributed by atoms with van der Waals surface area (Å²) in [7, 11) is 0. The second-order valence-electron chi connectivity index (χ2n) is 3.02. The molecule has 0 aliphatic rings. The van der Waals surface area contributed by atoms with Crippen molar-refractivity contribution in [3.8, 4) is 0 Å². The molecule has 0 aromatic rings. The van der Waals surface area contributed by atoms with Gasteiger partial charge in [0.05, 0.1) is 0 Å². The molecule has 5 N–H and O–H groups in total. The van der Waals surface area contributed by atoms with Crippen molar-refractivity contribution in [2.24, 2.45) is 5.73 Å². The van der Waals surface area contributed by atoms with Gasteiger partial charge >= 0.3 is 0 Å². The van der Waals surface area contributed by atoms with Crippen molar-refractivity contribution < 1.29 is 5.11 Å². The van der Waals surface area contributed by atoms with Crippen LogP contribution >= 0.6 is 0 Å². The molecule has 0 unspecified atom stereocenters. The van der Waals surface area contributed by atoms with Crippen LogP contribution in [0, 0.1) is 0 Å². The minimum absolute atomic E-state index is 0.655. The Kier molecular flexibility index (Phi) is 5.41. The Balaban J connectivity index is 3.02. The van der Waals surface area contributed by atoms with Gasteiger partial charge in [0.15, 0.2) is 0 Å². The molecular formula is C7H19N3O. The molecule has 4 nitrogen and oxygen atoms in total. The second kappa shape index (κ2) is 5.49. The molecule has 0 saturated carbocycles. The minimum atomic E-state index is -0.773. The highest BCUT2D eigenvalue weighted by Crippen LogP contribution is 1.91. The number of hydrogen-bond donors (Lipinski definition) is 4. The molecule has 0 aromatic carbocycles. The van der Waals surface area contributed by atoms with Crippen LogP contribution in [0.5, 0.6) is 0 Å². The molecule has 0 rings (SSSR count). The second-order valence-corrected chi connectivity index (χ2v) is 3.02. The van der Waals surface area contributed by atoms with E-state index in [-0.39, 0.29) is 0 Å². The fourth-order valence-electron chi connectivity index (χ4n) is 0.684. The van der Waals surface area contributed by atoms with E-state index in [1.807, 2.05) is 0 Å². The van der Waals surface area contributed by atoms with E-state index in [0.29, 0.717) is 6.54 Å². The van der Waals surface area contributed by atoms with E-state index < -0.39 is 5.72 Å². The number of nitrogens with two attached hydrogens (primary N) is 1. The van der Waals surface area contributed by atoms with E-state index in [1.165, 1.54) is 0 Å². The third-order valence-electron chi connectivity index (χ3n) is 1.18. The van der Waals surface area contributed by atoms with E-state index in [9.17, 15) is 5.11 Å². The summed E-state index contributed by atoms with van der Waals surface area (Å²) in [6.07, 6.45) is 0. The molecule has 4 heteroatoms. The van der Waals surface area contributed by atoms with Crippen LogP contribution in [0.3, 0.4) is 0 Å². The summed E-state index contributed by atoms with van der Waals surface area (Å²) in [6.45, 7) is 6.51. The first-order valence-corrected chi connectivity index (χ1v) is 3.94. The number of nitrogens with one attached hydrogen (secondary N) is 2. The van der Waals surface area contributed by atoms with Crippen molar-refractivity contribution in [1.82, 2.24) is 10.6 Å². The zero-order valence-electron chi connectivity index (χ0n) is 7.35. The number of hydrogen-bond acceptors (Lipinski definition) is 4. The van der Waals surface area contributed by atoms with Crippen LogP contribution in [0.25, 0.3) is 0 Å². The quantitative estimate of drug-likeness (QED) is 0.293. The van der Waals surface area contributed by atoms with Gasteiger partial charge in [0, 0.05) is 26.2 Å². The molecule has 0 spiro atoms. The van der Waals surface area contributed by atoms with Gasteiger partial charge in [-0.05, 0) is 13.8 Å². The molecule has 0 fully saturated rings. The fourth-order valence-corrected chi connectivity index (χ4v) is 0.684. The monoisotopic (exact) mass is 161 g/mol. The maximum Gasteiger partial charge on any atom is 0.110 e. The van der Waals surface area contributed by atoms with E-state index in [2.05, 4.69) is 10.6 Å². The summed E-state index contributed by atoms with van der Waals surface area (Å²) in [5, 5.41) is 15.3. The predicted molar refractivity (Wildman–Crippen MR) is 46.2 cm³/mol. The van der Waals surface area contributed by atoms with Gasteiger partial charge in [-0.3, -0.25) is 5.32 Å². The molecule has 0 aromatic heterocycles. The lowest BCUT2D eigenvalue weighted by Crippen LogP contribution is -2.42. The van der Waals surface area contributed by atoms with Crippen molar-refractivity contribution in [3.63, 3.8) is 0 Å². The van der Waals surface area contributed by atoms with Crippen LogP contribution in [0.15, 0.2) is 0 Å². The zero-order valence-corrected chi connectivity index (χ0v) is 7.35. The average Bonchev–Trinajstić information content (AvgIpc) is 1.85. The summed E-state index contributed by atoms with van der Waals surface area (Å²) in [6, 6.07) is 0. The molecule has 0 aliphatic heterocycles. The average molecular weight is 161 g/mol. The van der Waals surface area contributed by atoms with E-state index >= 15 is 0 Å². The molecular weight excluding hydrogens is 142 g/mol. The van der Waals surface area contributed by atoms with Gasteiger partial charge in [0.1, 0.15) is 5.72 Å². The molecule has 0 amide bonds. The molecule has 0 atom stereocenters. The molecule has 0 bridgehead atoms. The summed E-state index contributed by atoms with van der Waals surface area (Å²) in [5.41, 5.74) is 4.49. The SMILES string of the molecule is CC(C)(O)NCCNCCN. The van der Waals surface area contributed by atoms with Crippen LogP contribution in [0.2, 0.25) is 0 Å². The Morgan fingerprint density at radius 2 is 1.91 bits per heavy atom. The van der Waals surface area contributed by atoms with Crippen LogP contribution in [0.4, 0.5) is 0 Å². The van der Waals surface area contributed by atoms with E-state index in [0.717, 1.165) is 19.6 Å². The van der Waals surface area contributed by atoms with Crippen molar-refractivity contribution in [3.05, 3.63) is 0 Å². The molecule has 0 saturated heterocycles. The third-order valence-corrected chi connectivity index (χ3v) is 1.18. The number of rotatable bonds is 6. The smallest absolute Gasteiger partial charge is 0.110 e. The van der Waals surface area contributed by atoms with Gasteiger partial charge < -0.3 is 16.2 Å². The zero-order chi connectivity index (χ0) is 8.74. The Morgan fingerprint density at radius 3 is 2.36 bits per heavy atom. The maximum absolute atomic E-state index is 9.21. The molecule has 11 heavy (non-hydrogen) atoms. The summed E-state index contributed by atoms with van der Waals surface area (Å²) in [4.78, 5) is 0. The molecule has 0 heterocycles. The largest absolute Gasteiger partial charge is 0.376 e. The topological polar surface area (TPSA) is 70.3 Å². The minimum Gasteiger partial charge on any atom is -0.376 e. The lowest BCUT2D eigenvalue weighted by Gasteiger charge is -2.18. The molecule has 0 radical (unpaired) electrons. The highest BCUT2D eigenvalue weighted by atomic mass is 16.3. The lowest BCUT2D eigenvalue weighted by molar-refractivity contribution is 0.0444. The normalized spacial score (nSPS) is 12.0. The first-order chi connectivity index (χ1) is 5.06. The van der Waals surface area contributed by atoms with Crippen molar-refractivity contribution in [1.29, 1.82) is 0 Å². The standard InChI is InChI=1S/C7H19N3O/c1-7(2,11)10-6-5-9-4-3-8/h9-11H,3-6,8H2,1-2H3. The molecule has 0 aliphatic carbocycles. The van der Waals surface area contributed by atoms with E-state index in [1.54, 1.807) is 13.8 Å². The Morgan fingerprint density at radius 1 is 1.27 bits per heavy atom. The third kappa shape index (κ3) is 9.84. The van der Waals surface area contributed by atoms with Crippen LogP contribution in [0.1, 0.15) is 13.8 Å². The van der Waals surface area contributed by atoms with E-state index in [4.69, 9.17) is 5.73 Å². The Bertz CT molecular complexity index is 90.2. The number of aliphatic hydroxyl groups is 1. The van der Waals surface area contributed by atoms with Crippen molar-refractivity contribution in [2.75, 3.05) is 26.2 Å². The fraction of sp³-hybridized carbons (Fsp3) is 1.00. The highest BCUT2D eigenvalue weighted by Gasteiger charge is 2.08. The summed E-state index contributed by atoms with van der Waals surface area (Å²) >= 11 is 0. The highest BCUT2D eigenvalue weighted by molar-refractivity contribution is 4.62. The van der Waals surface area contributed by atoms with Crippen LogP contribution < -0.4 is 16.4 Å². The molecule has 68 valence electrons. The first-order valence-electron chi connectivity index (χ1n) is 3.94. The summed E-state index contributed by atoms with van der Waals surface area (Å²) < 4.78 is 0.